The summed E-state index contributed by atoms with van der Waals surface area (Å²) < 4.78 is 10.5. The number of ether oxygens (including phenoxy) is 2. The Morgan fingerprint density at radius 2 is 1.89 bits per heavy atom. The van der Waals surface area contributed by atoms with E-state index in [0.29, 0.717) is 13.1 Å². The second-order valence-electron chi connectivity index (χ2n) is 7.97. The van der Waals surface area contributed by atoms with E-state index in [1.54, 1.807) is 6.08 Å². The molecule has 2 aliphatic rings. The highest BCUT2D eigenvalue weighted by Gasteiger charge is 2.50. The van der Waals surface area contributed by atoms with E-state index < -0.39 is 53.5 Å². The number of likely N-dealkylation sites (N-methyl/N-ethyl adjacent to an activating group) is 1. The molecule has 3 N–H and O–H groups in total. The van der Waals surface area contributed by atoms with E-state index in [1.807, 2.05) is 11.9 Å². The Labute approximate surface area is 163 Å². The third-order valence-corrected chi connectivity index (χ3v) is 5.67. The molecule has 2 rings (SSSR count). The van der Waals surface area contributed by atoms with Crippen molar-refractivity contribution in [2.45, 2.75) is 57.0 Å². The maximum Gasteiger partial charge on any atom is 0.341 e. The molecule has 28 heavy (non-hydrogen) atoms. The zero-order valence-corrected chi connectivity index (χ0v) is 16.7. The number of fused-ring (bicyclic) bond motifs is 2. The number of cyclic esters (lactones) is 1. The third-order valence-electron chi connectivity index (χ3n) is 5.67. The smallest absolute Gasteiger partial charge is 0.341 e. The molecule has 0 aromatic rings. The summed E-state index contributed by atoms with van der Waals surface area (Å²) >= 11 is 0. The van der Waals surface area contributed by atoms with Gasteiger partial charge in [0.25, 0.3) is 0 Å². The summed E-state index contributed by atoms with van der Waals surface area (Å²) in [5, 5.41) is 31.5. The highest BCUT2D eigenvalue weighted by atomic mass is 16.6. The Morgan fingerprint density at radius 3 is 2.50 bits per heavy atom. The number of carbonyl (C=O) groups excluding carboxylic acids is 3. The summed E-state index contributed by atoms with van der Waals surface area (Å²) in [6.07, 6.45) is -1.43. The zero-order valence-electron chi connectivity index (χ0n) is 16.7. The van der Waals surface area contributed by atoms with Crippen LogP contribution in [-0.4, -0.2) is 88.1 Å². The van der Waals surface area contributed by atoms with Gasteiger partial charge in [0.15, 0.2) is 17.3 Å². The number of aliphatic hydroxyl groups is 3. The van der Waals surface area contributed by atoms with E-state index in [1.165, 1.54) is 20.8 Å². The van der Waals surface area contributed by atoms with Crippen molar-refractivity contribution < 1.29 is 39.2 Å². The highest BCUT2D eigenvalue weighted by molar-refractivity contribution is 6.01. The fourth-order valence-corrected chi connectivity index (χ4v) is 3.19. The van der Waals surface area contributed by atoms with Gasteiger partial charge in [0.1, 0.15) is 6.61 Å². The molecule has 0 amide bonds. The molecule has 158 valence electrons. The number of ketones is 1. The lowest BCUT2D eigenvalue weighted by molar-refractivity contribution is -0.194. The number of esters is 2. The number of nitrogens with zero attached hydrogens (tertiary/aromatic N) is 1. The van der Waals surface area contributed by atoms with Crippen LogP contribution in [0, 0.1) is 5.92 Å². The number of hydrogen-bond donors (Lipinski definition) is 3. The molecule has 0 aliphatic carbocycles. The van der Waals surface area contributed by atoms with Gasteiger partial charge in [-0.1, -0.05) is 13.0 Å². The number of Topliss-reactive ketones (excluding diaryl/α,β-unsaturated/α-hetero) is 1. The van der Waals surface area contributed by atoms with Crippen molar-refractivity contribution in [3.8, 4) is 0 Å². The van der Waals surface area contributed by atoms with Crippen LogP contribution in [0.15, 0.2) is 11.6 Å². The maximum atomic E-state index is 12.8. The van der Waals surface area contributed by atoms with Gasteiger partial charge in [0.05, 0.1) is 6.10 Å². The molecule has 0 aromatic heterocycles. The standard InChI is InChI=1S/C19H29NO8/c1-11-9-19(26,12(2)21)17(24)28-14-6-8-20(4)7-5-13(15(14)22)10-27-16(23)18(11,3)25/h5,11-12,14,21,25-26H,6-10H2,1-4H3. The SMILES string of the molecule is CC1CC(O)(C(C)O)C(=O)OC2CCN(C)CC=C(COC(=O)C1(C)O)C2=O. The zero-order chi connectivity index (χ0) is 21.3. The Hall–Kier alpha value is -1.81. The molecule has 0 aromatic carbocycles. The Balaban J connectivity index is 2.50. The minimum Gasteiger partial charge on any atom is -0.459 e. The molecule has 5 unspecified atom stereocenters. The van der Waals surface area contributed by atoms with Crippen molar-refractivity contribution >= 4 is 17.7 Å². The van der Waals surface area contributed by atoms with E-state index in [2.05, 4.69) is 0 Å². The fraction of sp³-hybridized carbons (Fsp3) is 0.737. The number of hydrogen-bond acceptors (Lipinski definition) is 9. The van der Waals surface area contributed by atoms with E-state index in [-0.39, 0.29) is 18.6 Å². The quantitative estimate of drug-likeness (QED) is 0.483. The van der Waals surface area contributed by atoms with Crippen LogP contribution >= 0.6 is 0 Å². The molecular formula is C19H29NO8. The maximum absolute atomic E-state index is 12.8. The molecular weight excluding hydrogens is 370 g/mol. The molecule has 9 nitrogen and oxygen atoms in total. The fourth-order valence-electron chi connectivity index (χ4n) is 3.19. The normalized spacial score (nSPS) is 37.4. The van der Waals surface area contributed by atoms with Gasteiger partial charge in [-0.25, -0.2) is 9.59 Å². The molecule has 2 heterocycles. The lowest BCUT2D eigenvalue weighted by Gasteiger charge is -2.37. The molecule has 0 radical (unpaired) electrons. The van der Waals surface area contributed by atoms with Crippen LogP contribution in [0.1, 0.15) is 33.6 Å². The number of rotatable bonds is 1. The van der Waals surface area contributed by atoms with Crippen molar-refractivity contribution in [1.29, 1.82) is 0 Å². The summed E-state index contributed by atoms with van der Waals surface area (Å²) in [6.45, 7) is 4.39. The van der Waals surface area contributed by atoms with Crippen molar-refractivity contribution in [2.24, 2.45) is 5.92 Å². The second kappa shape index (κ2) is 8.28. The first-order valence-corrected chi connectivity index (χ1v) is 9.32. The van der Waals surface area contributed by atoms with E-state index >= 15 is 0 Å². The van der Waals surface area contributed by atoms with Gasteiger partial charge in [0.2, 0.25) is 5.78 Å². The third kappa shape index (κ3) is 4.43. The summed E-state index contributed by atoms with van der Waals surface area (Å²) in [7, 11) is 1.82. The van der Waals surface area contributed by atoms with Crippen molar-refractivity contribution in [3.05, 3.63) is 11.6 Å². The van der Waals surface area contributed by atoms with Gasteiger partial charge < -0.3 is 29.7 Å². The predicted molar refractivity (Wildman–Crippen MR) is 97.1 cm³/mol. The minimum absolute atomic E-state index is 0.141. The van der Waals surface area contributed by atoms with Crippen LogP contribution in [0.3, 0.4) is 0 Å². The average Bonchev–Trinajstić information content (AvgIpc) is 2.61. The van der Waals surface area contributed by atoms with Crippen molar-refractivity contribution in [3.63, 3.8) is 0 Å². The lowest BCUT2D eigenvalue weighted by Crippen LogP contribution is -2.56. The summed E-state index contributed by atoms with van der Waals surface area (Å²) in [6, 6.07) is 0. The number of carbonyl (C=O) groups is 3. The van der Waals surface area contributed by atoms with Crippen molar-refractivity contribution in [2.75, 3.05) is 26.7 Å². The van der Waals surface area contributed by atoms with E-state index in [4.69, 9.17) is 9.47 Å². The van der Waals surface area contributed by atoms with Gasteiger partial charge in [-0.05, 0) is 33.2 Å². The van der Waals surface area contributed by atoms with Crippen molar-refractivity contribution in [1.82, 2.24) is 4.90 Å². The largest absolute Gasteiger partial charge is 0.459 e. The lowest BCUT2D eigenvalue weighted by atomic mass is 9.79. The Morgan fingerprint density at radius 1 is 1.25 bits per heavy atom. The molecule has 1 fully saturated rings. The first-order valence-electron chi connectivity index (χ1n) is 9.32. The average molecular weight is 399 g/mol. The first kappa shape index (κ1) is 22.5. The van der Waals surface area contributed by atoms with E-state index in [0.717, 1.165) is 0 Å². The Bertz CT molecular complexity index is 671. The summed E-state index contributed by atoms with van der Waals surface area (Å²) in [4.78, 5) is 39.9. The monoisotopic (exact) mass is 399 g/mol. The minimum atomic E-state index is -2.40. The van der Waals surface area contributed by atoms with Crippen LogP contribution in [-0.2, 0) is 23.9 Å². The van der Waals surface area contributed by atoms with E-state index in [9.17, 15) is 29.7 Å². The molecule has 5 atom stereocenters. The summed E-state index contributed by atoms with van der Waals surface area (Å²) in [5.41, 5.74) is -4.31. The molecule has 9 heteroatoms. The van der Waals surface area contributed by atoms with Crippen LogP contribution in [0.4, 0.5) is 0 Å². The molecule has 0 saturated carbocycles. The Kier molecular flexibility index (Phi) is 6.65. The first-order chi connectivity index (χ1) is 12.9. The highest BCUT2D eigenvalue weighted by Crippen LogP contribution is 2.32. The predicted octanol–water partition coefficient (Wildman–Crippen LogP) is -0.825. The van der Waals surface area contributed by atoms with Gasteiger partial charge in [-0.2, -0.15) is 0 Å². The van der Waals surface area contributed by atoms with Crippen LogP contribution in [0.5, 0.6) is 0 Å². The topological polar surface area (TPSA) is 134 Å². The second-order valence-corrected chi connectivity index (χ2v) is 7.97. The molecule has 1 saturated heterocycles. The van der Waals surface area contributed by atoms with Gasteiger partial charge >= 0.3 is 11.9 Å². The van der Waals surface area contributed by atoms with Gasteiger partial charge in [-0.3, -0.25) is 4.79 Å². The molecule has 2 bridgehead atoms. The van der Waals surface area contributed by atoms with Gasteiger partial charge in [-0.15, -0.1) is 0 Å². The molecule has 2 aliphatic heterocycles. The van der Waals surface area contributed by atoms with Crippen LogP contribution in [0.2, 0.25) is 0 Å². The van der Waals surface area contributed by atoms with Crippen LogP contribution in [0.25, 0.3) is 0 Å². The number of aliphatic hydroxyl groups excluding tert-OH is 1. The van der Waals surface area contributed by atoms with Crippen LogP contribution < -0.4 is 0 Å². The molecule has 0 spiro atoms. The van der Waals surface area contributed by atoms with Gasteiger partial charge in [0, 0.05) is 25.1 Å². The summed E-state index contributed by atoms with van der Waals surface area (Å²) in [5.74, 6) is -3.63.